The fourth-order valence-electron chi connectivity index (χ4n) is 1.73. The quantitative estimate of drug-likeness (QED) is 0.782. The Balaban J connectivity index is 2.01. The molecule has 1 aromatic carbocycles. The van der Waals surface area contributed by atoms with Crippen LogP contribution in [0, 0.1) is 11.6 Å². The smallest absolute Gasteiger partial charge is 0.412 e. The standard InChI is InChI=1S/C15H15F2N3O5/c1-23-12-3-2-9(6-10(12)16)8-25-14-18-7-11(17)13(19-14)20-15(22)24-5-4-21/h2-3,6-7,21H,4-5,8H2,1H3,(H,18,19,20,22). The van der Waals surface area contributed by atoms with E-state index in [4.69, 9.17) is 14.6 Å². The van der Waals surface area contributed by atoms with Gasteiger partial charge in [-0.15, -0.1) is 0 Å². The summed E-state index contributed by atoms with van der Waals surface area (Å²) in [6.45, 7) is -0.696. The number of rotatable bonds is 7. The number of halogens is 2. The number of hydrogen-bond acceptors (Lipinski definition) is 7. The first kappa shape index (κ1) is 18.3. The maximum absolute atomic E-state index is 13.6. The van der Waals surface area contributed by atoms with Gasteiger partial charge in [0.05, 0.1) is 19.9 Å². The number of amides is 1. The summed E-state index contributed by atoms with van der Waals surface area (Å²) in [4.78, 5) is 18.7. The van der Waals surface area contributed by atoms with Crippen LogP contribution < -0.4 is 14.8 Å². The summed E-state index contributed by atoms with van der Waals surface area (Å²) in [6.07, 6.45) is -0.187. The Morgan fingerprint density at radius 1 is 1.32 bits per heavy atom. The van der Waals surface area contributed by atoms with Gasteiger partial charge in [0.2, 0.25) is 0 Å². The lowest BCUT2D eigenvalue weighted by molar-refractivity contribution is 0.131. The Morgan fingerprint density at radius 3 is 2.80 bits per heavy atom. The molecule has 1 heterocycles. The SMILES string of the molecule is COc1ccc(COc2ncc(F)c(NC(=O)OCCO)n2)cc1F. The molecule has 0 aliphatic carbocycles. The van der Waals surface area contributed by atoms with E-state index in [1.165, 1.54) is 19.2 Å². The molecule has 10 heteroatoms. The van der Waals surface area contributed by atoms with Crippen molar-refractivity contribution in [3.8, 4) is 11.8 Å². The highest BCUT2D eigenvalue weighted by molar-refractivity contribution is 5.83. The number of nitrogens with zero attached hydrogens (tertiary/aromatic N) is 2. The molecule has 2 rings (SSSR count). The van der Waals surface area contributed by atoms with E-state index in [9.17, 15) is 13.6 Å². The van der Waals surface area contributed by atoms with Gasteiger partial charge in [-0.05, 0) is 17.7 Å². The minimum absolute atomic E-state index is 0.0824. The summed E-state index contributed by atoms with van der Waals surface area (Å²) >= 11 is 0. The molecular formula is C15H15F2N3O5. The molecule has 0 fully saturated rings. The fraction of sp³-hybridized carbons (Fsp3) is 0.267. The molecule has 25 heavy (non-hydrogen) atoms. The van der Waals surface area contributed by atoms with Crippen LogP contribution in [-0.2, 0) is 11.3 Å². The van der Waals surface area contributed by atoms with Crippen molar-refractivity contribution in [1.82, 2.24) is 9.97 Å². The van der Waals surface area contributed by atoms with Gasteiger partial charge in [0.1, 0.15) is 13.2 Å². The highest BCUT2D eigenvalue weighted by atomic mass is 19.1. The first-order valence-electron chi connectivity index (χ1n) is 7.06. The topological polar surface area (TPSA) is 103 Å². The third kappa shape index (κ3) is 5.24. The van der Waals surface area contributed by atoms with Crippen molar-refractivity contribution >= 4 is 11.9 Å². The number of carbonyl (C=O) groups is 1. The van der Waals surface area contributed by atoms with Gasteiger partial charge >= 0.3 is 12.1 Å². The molecule has 0 radical (unpaired) electrons. The molecule has 134 valence electrons. The Hall–Kier alpha value is -3.01. The van der Waals surface area contributed by atoms with Gasteiger partial charge in [-0.2, -0.15) is 4.98 Å². The zero-order valence-corrected chi connectivity index (χ0v) is 13.2. The maximum Gasteiger partial charge on any atom is 0.412 e. The van der Waals surface area contributed by atoms with Gasteiger partial charge in [0.25, 0.3) is 0 Å². The van der Waals surface area contributed by atoms with Crippen molar-refractivity contribution < 1.29 is 32.9 Å². The molecule has 0 bridgehead atoms. The number of methoxy groups -OCH3 is 1. The second kappa shape index (κ2) is 8.73. The second-order valence-electron chi connectivity index (χ2n) is 4.59. The van der Waals surface area contributed by atoms with Crippen molar-refractivity contribution in [2.45, 2.75) is 6.61 Å². The van der Waals surface area contributed by atoms with Gasteiger partial charge in [0, 0.05) is 0 Å². The Morgan fingerprint density at radius 2 is 2.12 bits per heavy atom. The number of nitrogens with one attached hydrogen (secondary N) is 1. The Kier molecular flexibility index (Phi) is 6.40. The van der Waals surface area contributed by atoms with E-state index < -0.39 is 23.5 Å². The molecule has 0 saturated carbocycles. The lowest BCUT2D eigenvalue weighted by Gasteiger charge is -2.09. The molecule has 1 amide bonds. The molecule has 0 atom stereocenters. The Labute approximate surface area is 141 Å². The van der Waals surface area contributed by atoms with E-state index in [0.29, 0.717) is 5.56 Å². The average molecular weight is 355 g/mol. The van der Waals surface area contributed by atoms with Crippen molar-refractivity contribution in [3.63, 3.8) is 0 Å². The van der Waals surface area contributed by atoms with E-state index in [1.807, 2.05) is 0 Å². The highest BCUT2D eigenvalue weighted by Crippen LogP contribution is 2.19. The molecule has 2 N–H and O–H groups in total. The third-order valence-corrected chi connectivity index (χ3v) is 2.85. The van der Waals surface area contributed by atoms with Gasteiger partial charge < -0.3 is 19.3 Å². The molecule has 0 spiro atoms. The van der Waals surface area contributed by atoms with Crippen molar-refractivity contribution in [2.24, 2.45) is 0 Å². The monoisotopic (exact) mass is 355 g/mol. The highest BCUT2D eigenvalue weighted by Gasteiger charge is 2.12. The summed E-state index contributed by atoms with van der Waals surface area (Å²) in [5.74, 6) is -1.81. The van der Waals surface area contributed by atoms with Crippen LogP contribution in [0.4, 0.5) is 19.4 Å². The molecule has 0 aliphatic heterocycles. The van der Waals surface area contributed by atoms with E-state index >= 15 is 0 Å². The lowest BCUT2D eigenvalue weighted by Crippen LogP contribution is -2.18. The molecule has 1 aromatic heterocycles. The number of carbonyl (C=O) groups excluding carboxylic acids is 1. The second-order valence-corrected chi connectivity index (χ2v) is 4.59. The minimum atomic E-state index is -0.991. The van der Waals surface area contributed by atoms with Crippen LogP contribution in [0.2, 0.25) is 0 Å². The minimum Gasteiger partial charge on any atom is -0.494 e. The number of aliphatic hydroxyl groups excluding tert-OH is 1. The number of anilines is 1. The zero-order chi connectivity index (χ0) is 18.2. The fourth-order valence-corrected chi connectivity index (χ4v) is 1.73. The van der Waals surface area contributed by atoms with Crippen LogP contribution in [0.5, 0.6) is 11.8 Å². The first-order chi connectivity index (χ1) is 12.0. The predicted octanol–water partition coefficient (Wildman–Crippen LogP) is 1.88. The molecule has 2 aromatic rings. The normalized spacial score (nSPS) is 10.2. The molecule has 0 aliphatic rings. The van der Waals surface area contributed by atoms with Crippen molar-refractivity contribution in [3.05, 3.63) is 41.6 Å². The molecular weight excluding hydrogens is 340 g/mol. The van der Waals surface area contributed by atoms with Gasteiger partial charge in [-0.3, -0.25) is 5.32 Å². The van der Waals surface area contributed by atoms with E-state index in [-0.39, 0.29) is 31.6 Å². The molecule has 0 saturated heterocycles. The largest absolute Gasteiger partial charge is 0.494 e. The lowest BCUT2D eigenvalue weighted by atomic mass is 10.2. The molecule has 8 nitrogen and oxygen atoms in total. The van der Waals surface area contributed by atoms with E-state index in [1.54, 1.807) is 6.07 Å². The van der Waals surface area contributed by atoms with Crippen molar-refractivity contribution in [2.75, 3.05) is 25.6 Å². The molecule has 0 unspecified atom stereocenters. The number of benzene rings is 1. The van der Waals surface area contributed by atoms with Gasteiger partial charge in [-0.25, -0.2) is 18.6 Å². The van der Waals surface area contributed by atoms with Gasteiger partial charge in [0.15, 0.2) is 23.2 Å². The maximum atomic E-state index is 13.6. The van der Waals surface area contributed by atoms with E-state index in [2.05, 4.69) is 20.0 Å². The third-order valence-electron chi connectivity index (χ3n) is 2.85. The van der Waals surface area contributed by atoms with Gasteiger partial charge in [-0.1, -0.05) is 6.07 Å². The number of ether oxygens (including phenoxy) is 3. The van der Waals surface area contributed by atoms with Crippen LogP contribution in [0.25, 0.3) is 0 Å². The number of hydrogen-bond donors (Lipinski definition) is 2. The predicted molar refractivity (Wildman–Crippen MR) is 81.3 cm³/mol. The summed E-state index contributed by atoms with van der Waals surface area (Å²) in [7, 11) is 1.35. The first-order valence-corrected chi connectivity index (χ1v) is 7.06. The van der Waals surface area contributed by atoms with Crippen LogP contribution in [0.1, 0.15) is 5.56 Å². The number of aliphatic hydroxyl groups is 1. The number of aromatic nitrogens is 2. The van der Waals surface area contributed by atoms with Crippen LogP contribution in [0.15, 0.2) is 24.4 Å². The summed E-state index contributed by atoms with van der Waals surface area (Å²) in [6, 6.07) is 4.00. The van der Waals surface area contributed by atoms with Crippen LogP contribution in [0.3, 0.4) is 0 Å². The summed E-state index contributed by atoms with van der Waals surface area (Å²) < 4.78 is 41.8. The van der Waals surface area contributed by atoms with Crippen molar-refractivity contribution in [1.29, 1.82) is 0 Å². The Bertz CT molecular complexity index is 745. The van der Waals surface area contributed by atoms with Crippen LogP contribution >= 0.6 is 0 Å². The average Bonchev–Trinajstić information content (AvgIpc) is 2.60. The summed E-state index contributed by atoms with van der Waals surface area (Å²) in [5, 5.41) is 10.6. The van der Waals surface area contributed by atoms with E-state index in [0.717, 1.165) is 6.20 Å². The summed E-state index contributed by atoms with van der Waals surface area (Å²) in [5.41, 5.74) is 0.475. The van der Waals surface area contributed by atoms with Crippen LogP contribution in [-0.4, -0.2) is 41.5 Å². The zero-order valence-electron chi connectivity index (χ0n) is 13.2.